The largest absolute Gasteiger partial charge is 0.456 e. The predicted molar refractivity (Wildman–Crippen MR) is 186 cm³/mol. The number of non-ortho nitro benzene ring substituents is 2. The van der Waals surface area contributed by atoms with E-state index in [9.17, 15) is 45.2 Å². The highest BCUT2D eigenvalue weighted by Gasteiger charge is 2.60. The van der Waals surface area contributed by atoms with Crippen LogP contribution in [-0.2, 0) is 32.3 Å². The van der Waals surface area contributed by atoms with Crippen LogP contribution >= 0.6 is 11.8 Å². The Kier molecular flexibility index (Phi) is 12.0. The number of thioether (sulfide) groups is 1. The van der Waals surface area contributed by atoms with Gasteiger partial charge in [0.05, 0.1) is 34.0 Å². The van der Waals surface area contributed by atoms with Crippen molar-refractivity contribution in [3.63, 3.8) is 0 Å². The van der Waals surface area contributed by atoms with Gasteiger partial charge in [-0.15, -0.1) is 11.8 Å². The lowest BCUT2D eigenvalue weighted by Gasteiger charge is -2.46. The number of nitro benzene ring substituents is 2. The fourth-order valence-corrected chi connectivity index (χ4v) is 8.37. The third-order valence-corrected chi connectivity index (χ3v) is 10.9. The summed E-state index contributed by atoms with van der Waals surface area (Å²) in [5.41, 5.74) is 18.9. The molecule has 0 radical (unpaired) electrons. The quantitative estimate of drug-likeness (QED) is 0.0450. The lowest BCUT2D eigenvalue weighted by atomic mass is 9.79. The third kappa shape index (κ3) is 8.28. The Hall–Kier alpha value is -5.88. The highest BCUT2D eigenvalue weighted by atomic mass is 32.2. The van der Waals surface area contributed by atoms with Crippen LogP contribution in [0.1, 0.15) is 37.8 Å². The van der Waals surface area contributed by atoms with E-state index in [2.05, 4.69) is 20.1 Å². The van der Waals surface area contributed by atoms with E-state index in [1.54, 1.807) is 0 Å². The zero-order valence-corrected chi connectivity index (χ0v) is 29.2. The van der Waals surface area contributed by atoms with Gasteiger partial charge in [-0.2, -0.15) is 0 Å². The van der Waals surface area contributed by atoms with Gasteiger partial charge in [0.15, 0.2) is 0 Å². The molecule has 2 aromatic rings. The Morgan fingerprint density at radius 3 is 2.13 bits per heavy atom. The van der Waals surface area contributed by atoms with Gasteiger partial charge in [-0.1, -0.05) is 17.2 Å². The molecule has 2 fully saturated rings. The second-order valence-corrected chi connectivity index (χ2v) is 14.0. The maximum atomic E-state index is 13.7. The zero-order valence-electron chi connectivity index (χ0n) is 28.4. The average Bonchev–Trinajstić information content (AvgIpc) is 3.66. The normalized spacial score (nSPS) is 22.8. The van der Waals surface area contributed by atoms with E-state index in [1.165, 1.54) is 77.0 Å². The van der Waals surface area contributed by atoms with E-state index in [0.717, 1.165) is 0 Å². The summed E-state index contributed by atoms with van der Waals surface area (Å²) in [4.78, 5) is 70.5. The summed E-state index contributed by atoms with van der Waals surface area (Å²) in [5, 5.41) is 39.5. The molecule has 3 aliphatic rings. The number of hydrogen-bond acceptors (Lipinski definition) is 13. The van der Waals surface area contributed by atoms with Gasteiger partial charge in [0.1, 0.15) is 18.9 Å². The van der Waals surface area contributed by atoms with Crippen LogP contribution in [0.4, 0.5) is 16.2 Å². The van der Waals surface area contributed by atoms with Crippen molar-refractivity contribution in [3.8, 4) is 0 Å². The van der Waals surface area contributed by atoms with Crippen LogP contribution in [0.15, 0.2) is 69.4 Å². The van der Waals surface area contributed by atoms with Gasteiger partial charge in [-0.25, -0.2) is 9.59 Å². The predicted octanol–water partition coefficient (Wildman–Crippen LogP) is 5.51. The van der Waals surface area contributed by atoms with Crippen LogP contribution in [-0.4, -0.2) is 85.3 Å². The number of hydrogen-bond donors (Lipinski definition) is 1. The first-order valence-electron chi connectivity index (χ1n) is 16.4. The van der Waals surface area contributed by atoms with Gasteiger partial charge in [0.25, 0.3) is 11.4 Å². The van der Waals surface area contributed by atoms with Gasteiger partial charge in [0.2, 0.25) is 5.91 Å². The molecule has 1 unspecified atom stereocenters. The van der Waals surface area contributed by atoms with Gasteiger partial charge in [0, 0.05) is 69.3 Å². The fourth-order valence-electron chi connectivity index (χ4n) is 6.84. The number of rotatable bonds is 15. The molecule has 20 nitrogen and oxygen atoms in total. The van der Waals surface area contributed by atoms with Gasteiger partial charge in [-0.05, 0) is 66.2 Å². The van der Waals surface area contributed by atoms with Crippen LogP contribution < -0.4 is 0 Å². The lowest BCUT2D eigenvalue weighted by Crippen LogP contribution is -2.63. The van der Waals surface area contributed by atoms with E-state index < -0.39 is 69.1 Å². The number of carbonyl (C=O) groups is 3. The Bertz CT molecular complexity index is 1900. The van der Waals surface area contributed by atoms with Crippen LogP contribution in [0.5, 0.6) is 0 Å². The smallest absolute Gasteiger partial charge is 0.410 e. The Morgan fingerprint density at radius 2 is 1.60 bits per heavy atom. The van der Waals surface area contributed by atoms with Crippen molar-refractivity contribution in [1.29, 1.82) is 0 Å². The molecule has 1 N–H and O–H groups in total. The topological polar surface area (TPSA) is 280 Å². The number of amides is 2. The molecule has 2 saturated heterocycles. The molecule has 7 atom stereocenters. The fraction of sp³-hybridized carbons (Fsp3) is 0.469. The minimum atomic E-state index is -0.995. The first-order chi connectivity index (χ1) is 25.4. The van der Waals surface area contributed by atoms with Crippen molar-refractivity contribution in [2.75, 3.05) is 13.1 Å². The number of likely N-dealkylation sites (tertiary alicyclic amines) is 1. The number of ether oxygens (including phenoxy) is 2. The number of fused-ring (bicyclic) bond motifs is 1. The number of nitrogens with zero attached hydrogens (tertiary/aromatic N) is 10. The number of esters is 1. The van der Waals surface area contributed by atoms with E-state index in [-0.39, 0.29) is 56.2 Å². The first-order valence-corrected chi connectivity index (χ1v) is 17.3. The molecule has 0 bridgehead atoms. The molecule has 53 heavy (non-hydrogen) atoms. The van der Waals surface area contributed by atoms with Crippen LogP contribution in [0.3, 0.4) is 0 Å². The summed E-state index contributed by atoms with van der Waals surface area (Å²) in [5.74, 6) is -2.44. The van der Waals surface area contributed by atoms with E-state index in [4.69, 9.17) is 15.0 Å². The molecule has 21 heteroatoms. The van der Waals surface area contributed by atoms with Crippen molar-refractivity contribution in [3.05, 3.63) is 111 Å². The maximum Gasteiger partial charge on any atom is 0.410 e. The SMILES string of the molecule is C[C@@H](O)[C@H]1C(=O)N2C(C(=O)OCc3ccc([N+](=O)[O-])cc3)=C(S[C@H]3C[C@@H](C(CCN=[N+]=[N-])N=[N+]=[N-])N(C(=O)OCc4ccc([N+](=O)[O-])cc4)C3)[C@H](C)[C@H]12. The highest BCUT2D eigenvalue weighted by Crippen LogP contribution is 2.52. The molecule has 3 heterocycles. The van der Waals surface area contributed by atoms with Crippen molar-refractivity contribution < 1.29 is 38.8 Å². The monoisotopic (exact) mass is 750 g/mol. The van der Waals surface area contributed by atoms with Crippen molar-refractivity contribution in [2.24, 2.45) is 22.1 Å². The Labute approximate surface area is 305 Å². The maximum absolute atomic E-state index is 13.7. The van der Waals surface area contributed by atoms with E-state index in [0.29, 0.717) is 16.0 Å². The lowest BCUT2D eigenvalue weighted by molar-refractivity contribution is -0.385. The summed E-state index contributed by atoms with van der Waals surface area (Å²) in [6.45, 7) is 2.91. The number of aliphatic hydroxyl groups excluding tert-OH is 1. The van der Waals surface area contributed by atoms with Crippen LogP contribution in [0, 0.1) is 32.1 Å². The first kappa shape index (κ1) is 38.4. The molecule has 2 amide bonds. The third-order valence-electron chi connectivity index (χ3n) is 9.39. The molecular formula is C32H34N10O10S. The van der Waals surface area contributed by atoms with Crippen molar-refractivity contribution in [1.82, 2.24) is 9.80 Å². The van der Waals surface area contributed by atoms with Crippen molar-refractivity contribution in [2.45, 2.75) is 69.4 Å². The average molecular weight is 751 g/mol. The minimum Gasteiger partial charge on any atom is -0.456 e. The van der Waals surface area contributed by atoms with E-state index in [1.807, 2.05) is 6.92 Å². The molecule has 278 valence electrons. The zero-order chi connectivity index (χ0) is 38.4. The summed E-state index contributed by atoms with van der Waals surface area (Å²) in [7, 11) is 0. The number of β-lactam (4-membered cyclic amide) rings is 1. The minimum absolute atomic E-state index is 0.00186. The molecule has 2 aromatic carbocycles. The summed E-state index contributed by atoms with van der Waals surface area (Å²) < 4.78 is 11.2. The summed E-state index contributed by atoms with van der Waals surface area (Å²) in [6.07, 6.45) is -1.40. The second-order valence-electron chi connectivity index (χ2n) is 12.7. The second kappa shape index (κ2) is 16.6. The molecule has 0 spiro atoms. The Balaban J connectivity index is 1.40. The van der Waals surface area contributed by atoms with Crippen LogP contribution in [0.2, 0.25) is 0 Å². The molecule has 0 aromatic heterocycles. The number of azide groups is 2. The number of nitro groups is 2. The summed E-state index contributed by atoms with van der Waals surface area (Å²) in [6, 6.07) is 8.83. The number of benzene rings is 2. The molecular weight excluding hydrogens is 716 g/mol. The van der Waals surface area contributed by atoms with Gasteiger partial charge in [-0.3, -0.25) is 25.0 Å². The number of aliphatic hydroxyl groups is 1. The molecule has 0 aliphatic carbocycles. The van der Waals surface area contributed by atoms with Crippen molar-refractivity contribution >= 4 is 41.1 Å². The van der Waals surface area contributed by atoms with Crippen LogP contribution in [0.25, 0.3) is 20.9 Å². The number of carbonyl (C=O) groups excluding carboxylic acids is 3. The van der Waals surface area contributed by atoms with Gasteiger partial charge >= 0.3 is 12.1 Å². The Morgan fingerprint density at radius 1 is 1.02 bits per heavy atom. The summed E-state index contributed by atoms with van der Waals surface area (Å²) >= 11 is 1.26. The van der Waals surface area contributed by atoms with Gasteiger partial charge < -0.3 is 24.4 Å². The highest BCUT2D eigenvalue weighted by molar-refractivity contribution is 8.03. The standard InChI is InChI=1S/C32H34N10O10S/c1-17-27-26(18(2)43)30(44)40(27)28(31(45)51-15-19-3-7-21(8-4-19)41(47)48)29(17)53-23-13-25(24(36-38-34)11-12-35-37-33)39(14-23)32(46)52-16-20-5-9-22(10-6-20)42(49)50/h3-10,17-18,23-27,43H,11-16H2,1-2H3/t17-,18-,23+,24?,25+,26-,27-/m1/s1. The van der Waals surface area contributed by atoms with E-state index >= 15 is 0 Å². The molecule has 3 aliphatic heterocycles. The molecule has 5 rings (SSSR count). The molecule has 0 saturated carbocycles.